The number of ketones is 1. The molecule has 100 valence electrons. The second-order valence-electron chi connectivity index (χ2n) is 4.80. The molecular weight excluding hydrogens is 232 g/mol. The van der Waals surface area contributed by atoms with Crippen LogP contribution in [0.3, 0.4) is 0 Å². The molecule has 2 rings (SSSR count). The Hall–Kier alpha value is -1.23. The van der Waals surface area contributed by atoms with E-state index in [1.165, 1.54) is 7.11 Å². The zero-order chi connectivity index (χ0) is 13.2. The number of methoxy groups -OCH3 is 1. The van der Waals surface area contributed by atoms with Gasteiger partial charge in [-0.1, -0.05) is 6.92 Å². The molecule has 0 bridgehead atoms. The molecule has 2 aliphatic rings. The molecule has 2 heterocycles. The highest BCUT2D eigenvalue weighted by atomic mass is 16.5. The summed E-state index contributed by atoms with van der Waals surface area (Å²) in [6.45, 7) is 4.11. The fourth-order valence-corrected chi connectivity index (χ4v) is 3.02. The second-order valence-corrected chi connectivity index (χ2v) is 4.80. The summed E-state index contributed by atoms with van der Waals surface area (Å²) in [4.78, 5) is 31.0. The first-order chi connectivity index (χ1) is 8.66. The first-order valence-electron chi connectivity index (χ1n) is 6.58. The highest BCUT2D eigenvalue weighted by Gasteiger charge is 2.55. The van der Waals surface area contributed by atoms with Crippen molar-refractivity contribution < 1.29 is 14.3 Å². The van der Waals surface area contributed by atoms with Crippen molar-refractivity contribution in [3.8, 4) is 0 Å². The van der Waals surface area contributed by atoms with E-state index < -0.39 is 11.5 Å². The van der Waals surface area contributed by atoms with Crippen molar-refractivity contribution in [2.24, 2.45) is 4.99 Å². The maximum absolute atomic E-state index is 12.7. The van der Waals surface area contributed by atoms with E-state index in [1.54, 1.807) is 0 Å². The van der Waals surface area contributed by atoms with Crippen LogP contribution in [0.4, 0.5) is 0 Å². The molecule has 1 fully saturated rings. The Labute approximate surface area is 107 Å². The summed E-state index contributed by atoms with van der Waals surface area (Å²) in [7, 11) is 1.35. The van der Waals surface area contributed by atoms with Crippen LogP contribution in [0.25, 0.3) is 0 Å². The third-order valence-corrected chi connectivity index (χ3v) is 3.92. The zero-order valence-corrected chi connectivity index (χ0v) is 11.1. The molecule has 0 aromatic carbocycles. The van der Waals surface area contributed by atoms with Crippen molar-refractivity contribution in [3.63, 3.8) is 0 Å². The lowest BCUT2D eigenvalue weighted by molar-refractivity contribution is -0.156. The zero-order valence-electron chi connectivity index (χ0n) is 11.1. The van der Waals surface area contributed by atoms with Crippen molar-refractivity contribution in [3.05, 3.63) is 0 Å². The SMILES string of the molecule is CCN1CCCC1(C(=O)OC)C(=O)C1=NCCC1. The van der Waals surface area contributed by atoms with Gasteiger partial charge >= 0.3 is 5.97 Å². The Bertz CT molecular complexity index is 392. The quantitative estimate of drug-likeness (QED) is 0.549. The number of likely N-dealkylation sites (tertiary alicyclic amines) is 1. The van der Waals surface area contributed by atoms with Gasteiger partial charge in [-0.3, -0.25) is 14.7 Å². The molecule has 0 aromatic rings. The summed E-state index contributed by atoms with van der Waals surface area (Å²) in [6, 6.07) is 0. The van der Waals surface area contributed by atoms with Crippen LogP contribution in [0.15, 0.2) is 4.99 Å². The number of carbonyl (C=O) groups excluding carboxylic acids is 2. The van der Waals surface area contributed by atoms with Gasteiger partial charge in [-0.25, -0.2) is 4.79 Å². The van der Waals surface area contributed by atoms with E-state index in [1.807, 2.05) is 11.8 Å². The number of carbonyl (C=O) groups is 2. The predicted octanol–water partition coefficient (Wildman–Crippen LogP) is 0.818. The predicted molar refractivity (Wildman–Crippen MR) is 67.8 cm³/mol. The smallest absolute Gasteiger partial charge is 0.334 e. The van der Waals surface area contributed by atoms with Crippen molar-refractivity contribution in [1.82, 2.24) is 4.90 Å². The fraction of sp³-hybridized carbons (Fsp3) is 0.769. The Morgan fingerprint density at radius 2 is 2.22 bits per heavy atom. The van der Waals surface area contributed by atoms with Crippen LogP contribution < -0.4 is 0 Å². The number of likely N-dealkylation sites (N-methyl/N-ethyl adjacent to an activating group) is 1. The van der Waals surface area contributed by atoms with Gasteiger partial charge in [0.2, 0.25) is 5.78 Å². The second kappa shape index (κ2) is 5.18. The lowest BCUT2D eigenvalue weighted by atomic mass is 9.87. The molecule has 0 aliphatic carbocycles. The average molecular weight is 252 g/mol. The van der Waals surface area contributed by atoms with Gasteiger partial charge in [-0.2, -0.15) is 0 Å². The van der Waals surface area contributed by atoms with Crippen LogP contribution in [0.1, 0.15) is 32.6 Å². The van der Waals surface area contributed by atoms with Gasteiger partial charge in [0, 0.05) is 6.54 Å². The molecular formula is C13H20N2O3. The van der Waals surface area contributed by atoms with E-state index in [0.717, 1.165) is 19.4 Å². The first-order valence-corrected chi connectivity index (χ1v) is 6.58. The van der Waals surface area contributed by atoms with Crippen molar-refractivity contribution in [2.45, 2.75) is 38.1 Å². The summed E-state index contributed by atoms with van der Waals surface area (Å²) in [5.74, 6) is -0.562. The van der Waals surface area contributed by atoms with Gasteiger partial charge < -0.3 is 4.74 Å². The van der Waals surface area contributed by atoms with Gasteiger partial charge in [0.25, 0.3) is 0 Å². The van der Waals surface area contributed by atoms with Crippen molar-refractivity contribution >= 4 is 17.5 Å². The largest absolute Gasteiger partial charge is 0.467 e. The highest BCUT2D eigenvalue weighted by molar-refractivity contribution is 6.47. The van der Waals surface area contributed by atoms with Gasteiger partial charge in [0.1, 0.15) is 0 Å². The Morgan fingerprint density at radius 3 is 2.78 bits per heavy atom. The van der Waals surface area contributed by atoms with Crippen LogP contribution >= 0.6 is 0 Å². The molecule has 0 aromatic heterocycles. The summed E-state index contributed by atoms with van der Waals surface area (Å²) in [6.07, 6.45) is 2.99. The number of rotatable bonds is 4. The van der Waals surface area contributed by atoms with Crippen LogP contribution in [0.2, 0.25) is 0 Å². The molecule has 18 heavy (non-hydrogen) atoms. The molecule has 0 spiro atoms. The highest BCUT2D eigenvalue weighted by Crippen LogP contribution is 2.33. The average Bonchev–Trinajstić information content (AvgIpc) is 3.05. The molecule has 0 amide bonds. The van der Waals surface area contributed by atoms with Gasteiger partial charge in [-0.15, -0.1) is 0 Å². The maximum atomic E-state index is 12.7. The topological polar surface area (TPSA) is 59.0 Å². The van der Waals surface area contributed by atoms with E-state index in [0.29, 0.717) is 31.6 Å². The van der Waals surface area contributed by atoms with E-state index in [9.17, 15) is 9.59 Å². The number of ether oxygens (including phenoxy) is 1. The Morgan fingerprint density at radius 1 is 1.44 bits per heavy atom. The van der Waals surface area contributed by atoms with Crippen LogP contribution in [0.5, 0.6) is 0 Å². The molecule has 1 saturated heterocycles. The lowest BCUT2D eigenvalue weighted by Crippen LogP contribution is -2.59. The number of nitrogens with zero attached hydrogens (tertiary/aromatic N) is 2. The molecule has 0 radical (unpaired) electrons. The minimum absolute atomic E-state index is 0.133. The standard InChI is InChI=1S/C13H20N2O3/c1-3-15-9-5-7-13(15,12(17)18-2)11(16)10-6-4-8-14-10/h3-9H2,1-2H3. The summed E-state index contributed by atoms with van der Waals surface area (Å²) in [5, 5.41) is 0. The molecule has 1 atom stereocenters. The van der Waals surface area contributed by atoms with E-state index in [-0.39, 0.29) is 5.78 Å². The van der Waals surface area contributed by atoms with Crippen LogP contribution in [-0.4, -0.2) is 54.6 Å². The van der Waals surface area contributed by atoms with Gasteiger partial charge in [0.15, 0.2) is 5.54 Å². The van der Waals surface area contributed by atoms with Crippen molar-refractivity contribution in [2.75, 3.05) is 26.7 Å². The maximum Gasteiger partial charge on any atom is 0.334 e. The minimum Gasteiger partial charge on any atom is -0.467 e. The summed E-state index contributed by atoms with van der Waals surface area (Å²) >= 11 is 0. The number of esters is 1. The van der Waals surface area contributed by atoms with E-state index >= 15 is 0 Å². The van der Waals surface area contributed by atoms with Gasteiger partial charge in [0.05, 0.1) is 12.8 Å². The Kier molecular flexibility index (Phi) is 3.80. The monoisotopic (exact) mass is 252 g/mol. The molecule has 1 unspecified atom stereocenters. The first kappa shape index (κ1) is 13.2. The normalized spacial score (nSPS) is 28.2. The van der Waals surface area contributed by atoms with Crippen molar-refractivity contribution in [1.29, 1.82) is 0 Å². The molecule has 2 aliphatic heterocycles. The Balaban J connectivity index is 2.35. The van der Waals surface area contributed by atoms with Crippen LogP contribution in [-0.2, 0) is 14.3 Å². The summed E-state index contributed by atoms with van der Waals surface area (Å²) in [5.41, 5.74) is -0.534. The fourth-order valence-electron chi connectivity index (χ4n) is 3.02. The number of aliphatic imine (C=N–C) groups is 1. The van der Waals surface area contributed by atoms with Crippen LogP contribution in [0, 0.1) is 0 Å². The number of Topliss-reactive ketones (excluding diaryl/α,β-unsaturated/α-hetero) is 1. The summed E-state index contributed by atoms with van der Waals surface area (Å²) < 4.78 is 4.89. The third-order valence-electron chi connectivity index (χ3n) is 3.92. The third kappa shape index (κ3) is 1.86. The number of hydrogen-bond donors (Lipinski definition) is 0. The van der Waals surface area contributed by atoms with E-state index in [4.69, 9.17) is 4.74 Å². The molecule has 5 nitrogen and oxygen atoms in total. The van der Waals surface area contributed by atoms with E-state index in [2.05, 4.69) is 4.99 Å². The molecule has 0 saturated carbocycles. The van der Waals surface area contributed by atoms with Gasteiger partial charge in [-0.05, 0) is 38.8 Å². The minimum atomic E-state index is -1.10. The lowest BCUT2D eigenvalue weighted by Gasteiger charge is -2.33. The number of hydrogen-bond acceptors (Lipinski definition) is 5. The molecule has 0 N–H and O–H groups in total. The molecule has 5 heteroatoms.